The molecule has 2 amide bonds. The van der Waals surface area contributed by atoms with Crippen molar-refractivity contribution in [3.8, 4) is 0 Å². The summed E-state index contributed by atoms with van der Waals surface area (Å²) in [5.74, 6) is -0.284. The third-order valence-corrected chi connectivity index (χ3v) is 4.18. The summed E-state index contributed by atoms with van der Waals surface area (Å²) >= 11 is 0. The molecule has 1 aromatic rings. The highest BCUT2D eigenvalue weighted by molar-refractivity contribution is 6.00. The molecule has 0 spiro atoms. The van der Waals surface area contributed by atoms with Crippen LogP contribution in [0.4, 0.5) is 11.4 Å². The zero-order valence-corrected chi connectivity index (χ0v) is 12.1. The van der Waals surface area contributed by atoms with Gasteiger partial charge in [0.15, 0.2) is 0 Å². The highest BCUT2D eigenvalue weighted by atomic mass is 16.2. The number of piperidine rings is 1. The zero-order valence-electron chi connectivity index (χ0n) is 12.1. The van der Waals surface area contributed by atoms with Gasteiger partial charge in [-0.15, -0.1) is 0 Å². The van der Waals surface area contributed by atoms with Crippen LogP contribution in [-0.4, -0.2) is 24.9 Å². The average Bonchev–Trinajstić information content (AvgIpc) is 3.32. The number of hydrogen-bond donors (Lipinski definition) is 2. The Morgan fingerprint density at radius 1 is 1.14 bits per heavy atom. The fourth-order valence-corrected chi connectivity index (χ4v) is 2.78. The number of amides is 2. The van der Waals surface area contributed by atoms with Gasteiger partial charge in [-0.05, 0) is 50.3 Å². The van der Waals surface area contributed by atoms with E-state index in [0.717, 1.165) is 44.5 Å². The summed E-state index contributed by atoms with van der Waals surface area (Å²) in [6.07, 6.45) is 5.49. The van der Waals surface area contributed by atoms with E-state index >= 15 is 0 Å². The Balaban J connectivity index is 1.88. The fraction of sp³-hybridized carbons (Fsp3) is 0.500. The number of primary amides is 1. The molecule has 1 aromatic carbocycles. The van der Waals surface area contributed by atoms with Crippen LogP contribution in [0.3, 0.4) is 0 Å². The topological polar surface area (TPSA) is 75.4 Å². The van der Waals surface area contributed by atoms with Gasteiger partial charge in [-0.3, -0.25) is 9.59 Å². The Morgan fingerprint density at radius 3 is 2.48 bits per heavy atom. The van der Waals surface area contributed by atoms with Crippen LogP contribution in [0.1, 0.15) is 42.5 Å². The van der Waals surface area contributed by atoms with Crippen molar-refractivity contribution in [2.45, 2.75) is 32.1 Å². The Bertz CT molecular complexity index is 561. The van der Waals surface area contributed by atoms with E-state index in [1.54, 1.807) is 12.1 Å². The lowest BCUT2D eigenvalue weighted by Gasteiger charge is -2.30. The second kappa shape index (κ2) is 5.76. The van der Waals surface area contributed by atoms with E-state index in [0.29, 0.717) is 11.3 Å². The third kappa shape index (κ3) is 3.17. The summed E-state index contributed by atoms with van der Waals surface area (Å²) in [5, 5.41) is 2.98. The molecule has 1 heterocycles. The van der Waals surface area contributed by atoms with E-state index in [2.05, 4.69) is 10.2 Å². The number of nitrogens with one attached hydrogen (secondary N) is 1. The summed E-state index contributed by atoms with van der Waals surface area (Å²) in [7, 11) is 0. The van der Waals surface area contributed by atoms with Gasteiger partial charge in [0.05, 0.1) is 11.4 Å². The molecule has 3 N–H and O–H groups in total. The van der Waals surface area contributed by atoms with Gasteiger partial charge < -0.3 is 16.0 Å². The van der Waals surface area contributed by atoms with Crippen LogP contribution in [0.5, 0.6) is 0 Å². The van der Waals surface area contributed by atoms with Gasteiger partial charge in [0.1, 0.15) is 0 Å². The fourth-order valence-electron chi connectivity index (χ4n) is 2.78. The molecule has 112 valence electrons. The number of benzene rings is 1. The second-order valence-corrected chi connectivity index (χ2v) is 5.91. The quantitative estimate of drug-likeness (QED) is 0.890. The van der Waals surface area contributed by atoms with Gasteiger partial charge in [0.2, 0.25) is 11.8 Å². The summed E-state index contributed by atoms with van der Waals surface area (Å²) in [4.78, 5) is 25.7. The molecular formula is C16H21N3O2. The molecule has 0 unspecified atom stereocenters. The number of nitrogens with zero attached hydrogens (tertiary/aromatic N) is 1. The summed E-state index contributed by atoms with van der Waals surface area (Å²) in [6.45, 7) is 1.98. The maximum Gasteiger partial charge on any atom is 0.248 e. The van der Waals surface area contributed by atoms with E-state index in [9.17, 15) is 9.59 Å². The number of rotatable bonds is 4. The van der Waals surface area contributed by atoms with Crippen LogP contribution in [0, 0.1) is 5.92 Å². The van der Waals surface area contributed by atoms with Crippen LogP contribution in [0.15, 0.2) is 18.2 Å². The number of carbonyl (C=O) groups excluding carboxylic acids is 2. The molecule has 21 heavy (non-hydrogen) atoms. The van der Waals surface area contributed by atoms with Crippen molar-refractivity contribution in [1.29, 1.82) is 0 Å². The molecule has 1 saturated carbocycles. The molecule has 0 atom stereocenters. The normalized spacial score (nSPS) is 18.4. The predicted molar refractivity (Wildman–Crippen MR) is 82.4 cm³/mol. The Hall–Kier alpha value is -2.04. The maximum absolute atomic E-state index is 12.0. The first-order chi connectivity index (χ1) is 10.1. The number of anilines is 2. The number of hydrogen-bond acceptors (Lipinski definition) is 3. The van der Waals surface area contributed by atoms with Crippen LogP contribution in [0.2, 0.25) is 0 Å². The molecule has 5 nitrogen and oxygen atoms in total. The predicted octanol–water partition coefficient (Wildman–Crippen LogP) is 2.12. The standard InChI is InChI=1S/C16H21N3O2/c17-15(20)12-6-7-14(19-8-2-1-3-9-19)13(10-12)18-16(21)11-4-5-11/h6-7,10-11H,1-5,8-9H2,(H2,17,20)(H,18,21). The summed E-state index contributed by atoms with van der Waals surface area (Å²) < 4.78 is 0. The molecule has 0 radical (unpaired) electrons. The van der Waals surface area contributed by atoms with Crippen molar-refractivity contribution >= 4 is 23.2 Å². The second-order valence-electron chi connectivity index (χ2n) is 5.91. The van der Waals surface area contributed by atoms with E-state index in [1.807, 2.05) is 6.07 Å². The van der Waals surface area contributed by atoms with Gasteiger partial charge in [-0.1, -0.05) is 0 Å². The van der Waals surface area contributed by atoms with Crippen molar-refractivity contribution in [3.05, 3.63) is 23.8 Å². The van der Waals surface area contributed by atoms with Gasteiger partial charge in [-0.25, -0.2) is 0 Å². The SMILES string of the molecule is NC(=O)c1ccc(N2CCCCC2)c(NC(=O)C2CC2)c1. The van der Waals surface area contributed by atoms with Crippen molar-refractivity contribution in [2.24, 2.45) is 11.7 Å². The minimum absolute atomic E-state index is 0.0508. The summed E-state index contributed by atoms with van der Waals surface area (Å²) in [6, 6.07) is 5.33. The molecular weight excluding hydrogens is 266 g/mol. The van der Waals surface area contributed by atoms with Crippen molar-refractivity contribution < 1.29 is 9.59 Å². The zero-order chi connectivity index (χ0) is 14.8. The molecule has 1 aliphatic heterocycles. The molecule has 5 heteroatoms. The van der Waals surface area contributed by atoms with Crippen molar-refractivity contribution in [3.63, 3.8) is 0 Å². The molecule has 1 aliphatic carbocycles. The average molecular weight is 287 g/mol. The van der Waals surface area contributed by atoms with Gasteiger partial charge >= 0.3 is 0 Å². The lowest BCUT2D eigenvalue weighted by Crippen LogP contribution is -2.30. The monoisotopic (exact) mass is 287 g/mol. The lowest BCUT2D eigenvalue weighted by atomic mass is 10.1. The lowest BCUT2D eigenvalue weighted by molar-refractivity contribution is -0.117. The van der Waals surface area contributed by atoms with Crippen molar-refractivity contribution in [1.82, 2.24) is 0 Å². The largest absolute Gasteiger partial charge is 0.370 e. The van der Waals surface area contributed by atoms with Crippen LogP contribution in [-0.2, 0) is 4.79 Å². The minimum Gasteiger partial charge on any atom is -0.370 e. The van der Waals surface area contributed by atoms with Crippen LogP contribution in [0.25, 0.3) is 0 Å². The van der Waals surface area contributed by atoms with Gasteiger partial charge in [0.25, 0.3) is 0 Å². The molecule has 3 rings (SSSR count). The Labute approximate surface area is 124 Å². The molecule has 2 aliphatic rings. The van der Waals surface area contributed by atoms with E-state index in [-0.39, 0.29) is 11.8 Å². The molecule has 2 fully saturated rings. The summed E-state index contributed by atoms with van der Waals surface area (Å²) in [5.41, 5.74) is 7.49. The van der Waals surface area contributed by atoms with E-state index < -0.39 is 5.91 Å². The first-order valence-corrected chi connectivity index (χ1v) is 7.65. The van der Waals surface area contributed by atoms with E-state index in [1.165, 1.54) is 6.42 Å². The maximum atomic E-state index is 12.0. The number of carbonyl (C=O) groups is 2. The smallest absolute Gasteiger partial charge is 0.248 e. The Morgan fingerprint density at radius 2 is 1.86 bits per heavy atom. The Kier molecular flexibility index (Phi) is 3.82. The van der Waals surface area contributed by atoms with Gasteiger partial charge in [-0.2, -0.15) is 0 Å². The van der Waals surface area contributed by atoms with E-state index in [4.69, 9.17) is 5.73 Å². The van der Waals surface area contributed by atoms with Crippen LogP contribution >= 0.6 is 0 Å². The highest BCUT2D eigenvalue weighted by Crippen LogP contribution is 2.34. The molecule has 0 bridgehead atoms. The highest BCUT2D eigenvalue weighted by Gasteiger charge is 2.30. The minimum atomic E-state index is -0.470. The number of nitrogens with two attached hydrogens (primary N) is 1. The first kappa shape index (κ1) is 13.9. The molecule has 1 saturated heterocycles. The molecule has 0 aromatic heterocycles. The van der Waals surface area contributed by atoms with Gasteiger partial charge in [0, 0.05) is 24.6 Å². The third-order valence-electron chi connectivity index (χ3n) is 4.18. The van der Waals surface area contributed by atoms with Crippen molar-refractivity contribution in [2.75, 3.05) is 23.3 Å². The van der Waals surface area contributed by atoms with Crippen LogP contribution < -0.4 is 16.0 Å². The first-order valence-electron chi connectivity index (χ1n) is 7.65.